The number of para-hydroxylation sites is 1. The van der Waals surface area contributed by atoms with E-state index >= 15 is 0 Å². The van der Waals surface area contributed by atoms with Crippen molar-refractivity contribution in [2.75, 3.05) is 13.1 Å². The zero-order chi connectivity index (χ0) is 13.4. The topological polar surface area (TPSA) is 64.3 Å². The molecule has 6 heteroatoms. The van der Waals surface area contributed by atoms with Crippen molar-refractivity contribution in [2.45, 2.75) is 19.5 Å². The number of ether oxygens (including phenoxy) is 1. The van der Waals surface area contributed by atoms with Gasteiger partial charge in [-0.25, -0.2) is 0 Å². The smallest absolute Gasteiger partial charge is 0.387 e. The molecule has 0 bridgehead atoms. The number of alkyl halides is 2. The van der Waals surface area contributed by atoms with Crippen molar-refractivity contribution in [1.82, 2.24) is 5.32 Å². The van der Waals surface area contributed by atoms with Crippen molar-refractivity contribution in [3.63, 3.8) is 0 Å². The molecule has 18 heavy (non-hydrogen) atoms. The van der Waals surface area contributed by atoms with Gasteiger partial charge in [-0.15, -0.1) is 0 Å². The van der Waals surface area contributed by atoms with Gasteiger partial charge >= 0.3 is 6.61 Å². The summed E-state index contributed by atoms with van der Waals surface area (Å²) in [4.78, 5) is 11.5. The SMILES string of the molecule is NCCCNC(=O)Cc1ccccc1OC(F)F. The summed E-state index contributed by atoms with van der Waals surface area (Å²) >= 11 is 0. The van der Waals surface area contributed by atoms with Crippen LogP contribution in [0.4, 0.5) is 8.78 Å². The van der Waals surface area contributed by atoms with Crippen molar-refractivity contribution < 1.29 is 18.3 Å². The summed E-state index contributed by atoms with van der Waals surface area (Å²) in [5, 5.41) is 2.65. The van der Waals surface area contributed by atoms with Gasteiger partial charge in [-0.2, -0.15) is 8.78 Å². The highest BCUT2D eigenvalue weighted by Gasteiger charge is 2.11. The van der Waals surface area contributed by atoms with Gasteiger partial charge in [-0.3, -0.25) is 4.79 Å². The summed E-state index contributed by atoms with van der Waals surface area (Å²) in [5.74, 6) is -0.213. The lowest BCUT2D eigenvalue weighted by Crippen LogP contribution is -2.27. The second kappa shape index (κ2) is 7.60. The van der Waals surface area contributed by atoms with Crippen molar-refractivity contribution >= 4 is 5.91 Å². The molecule has 1 rings (SSSR count). The van der Waals surface area contributed by atoms with Crippen molar-refractivity contribution in [3.05, 3.63) is 29.8 Å². The Hall–Kier alpha value is -1.69. The molecule has 0 spiro atoms. The fourth-order valence-corrected chi connectivity index (χ4v) is 1.43. The Balaban J connectivity index is 2.57. The number of hydrogen-bond acceptors (Lipinski definition) is 3. The summed E-state index contributed by atoms with van der Waals surface area (Å²) in [7, 11) is 0. The van der Waals surface area contributed by atoms with Crippen LogP contribution in [0.3, 0.4) is 0 Å². The lowest BCUT2D eigenvalue weighted by atomic mass is 10.1. The van der Waals surface area contributed by atoms with Gasteiger partial charge in [0.25, 0.3) is 0 Å². The van der Waals surface area contributed by atoms with Crippen LogP contribution in [0.15, 0.2) is 24.3 Å². The molecule has 0 saturated carbocycles. The average molecular weight is 258 g/mol. The van der Waals surface area contributed by atoms with E-state index in [1.54, 1.807) is 18.2 Å². The fourth-order valence-electron chi connectivity index (χ4n) is 1.43. The first-order chi connectivity index (χ1) is 8.63. The Labute approximate surface area is 104 Å². The van der Waals surface area contributed by atoms with Gasteiger partial charge < -0.3 is 15.8 Å². The van der Waals surface area contributed by atoms with Crippen LogP contribution in [-0.4, -0.2) is 25.6 Å². The van der Waals surface area contributed by atoms with Gasteiger partial charge in [0.1, 0.15) is 5.75 Å². The highest BCUT2D eigenvalue weighted by atomic mass is 19.3. The Kier molecular flexibility index (Phi) is 6.07. The second-order valence-electron chi connectivity index (χ2n) is 3.66. The summed E-state index contributed by atoms with van der Waals surface area (Å²) in [6.45, 7) is -1.93. The molecule has 0 atom stereocenters. The van der Waals surface area contributed by atoms with E-state index in [1.165, 1.54) is 6.07 Å². The van der Waals surface area contributed by atoms with Gasteiger partial charge in [-0.05, 0) is 19.0 Å². The van der Waals surface area contributed by atoms with Gasteiger partial charge in [0.2, 0.25) is 5.91 Å². The monoisotopic (exact) mass is 258 g/mol. The maximum absolute atomic E-state index is 12.1. The molecule has 0 aliphatic carbocycles. The standard InChI is InChI=1S/C12H16F2N2O2/c13-12(14)18-10-5-2-1-4-9(10)8-11(17)16-7-3-6-15/h1-2,4-5,12H,3,6-8,15H2,(H,16,17). The van der Waals surface area contributed by atoms with Crippen LogP contribution < -0.4 is 15.8 Å². The van der Waals surface area contributed by atoms with Crippen molar-refractivity contribution in [1.29, 1.82) is 0 Å². The number of benzene rings is 1. The molecule has 0 aromatic heterocycles. The summed E-state index contributed by atoms with van der Waals surface area (Å²) in [6, 6.07) is 6.24. The fraction of sp³-hybridized carbons (Fsp3) is 0.417. The highest BCUT2D eigenvalue weighted by molar-refractivity contribution is 5.79. The number of nitrogens with one attached hydrogen (secondary N) is 1. The molecule has 1 aromatic rings. The minimum Gasteiger partial charge on any atom is -0.435 e. The molecule has 100 valence electrons. The van der Waals surface area contributed by atoms with E-state index in [1.807, 2.05) is 0 Å². The maximum atomic E-state index is 12.1. The second-order valence-corrected chi connectivity index (χ2v) is 3.66. The molecule has 0 aliphatic rings. The van der Waals surface area contributed by atoms with E-state index in [0.717, 1.165) is 0 Å². The van der Waals surface area contributed by atoms with Gasteiger partial charge in [0, 0.05) is 12.1 Å². The molecular formula is C12H16F2N2O2. The van der Waals surface area contributed by atoms with E-state index in [0.29, 0.717) is 25.1 Å². The molecular weight excluding hydrogens is 242 g/mol. The van der Waals surface area contributed by atoms with E-state index < -0.39 is 6.61 Å². The lowest BCUT2D eigenvalue weighted by molar-refractivity contribution is -0.120. The minimum absolute atomic E-state index is 0.00741. The zero-order valence-corrected chi connectivity index (χ0v) is 9.86. The molecule has 4 nitrogen and oxygen atoms in total. The van der Waals surface area contributed by atoms with Crippen LogP contribution in [0, 0.1) is 0 Å². The Morgan fingerprint density at radius 1 is 1.39 bits per heavy atom. The highest BCUT2D eigenvalue weighted by Crippen LogP contribution is 2.20. The summed E-state index contributed by atoms with van der Waals surface area (Å²) < 4.78 is 28.6. The van der Waals surface area contributed by atoms with E-state index in [4.69, 9.17) is 5.73 Å². The molecule has 0 aliphatic heterocycles. The zero-order valence-electron chi connectivity index (χ0n) is 9.86. The number of amides is 1. The van der Waals surface area contributed by atoms with Gasteiger partial charge in [0.05, 0.1) is 6.42 Å². The Morgan fingerprint density at radius 3 is 2.78 bits per heavy atom. The van der Waals surface area contributed by atoms with Crippen molar-refractivity contribution in [3.8, 4) is 5.75 Å². The van der Waals surface area contributed by atoms with E-state index in [-0.39, 0.29) is 18.1 Å². The van der Waals surface area contributed by atoms with E-state index in [2.05, 4.69) is 10.1 Å². The summed E-state index contributed by atoms with van der Waals surface area (Å²) in [5.41, 5.74) is 5.72. The number of halogens is 2. The normalized spacial score (nSPS) is 10.4. The minimum atomic E-state index is -2.90. The number of carbonyl (C=O) groups excluding carboxylic acids is 1. The largest absolute Gasteiger partial charge is 0.435 e. The quantitative estimate of drug-likeness (QED) is 0.724. The van der Waals surface area contributed by atoms with E-state index in [9.17, 15) is 13.6 Å². The molecule has 0 radical (unpaired) electrons. The molecule has 0 heterocycles. The molecule has 0 unspecified atom stereocenters. The Bertz CT molecular complexity index is 386. The first-order valence-electron chi connectivity index (χ1n) is 5.63. The number of hydrogen-bond donors (Lipinski definition) is 2. The van der Waals surface area contributed by atoms with Gasteiger partial charge in [0.15, 0.2) is 0 Å². The predicted octanol–water partition coefficient (Wildman–Crippen LogP) is 1.30. The Morgan fingerprint density at radius 2 is 2.11 bits per heavy atom. The van der Waals surface area contributed by atoms with Gasteiger partial charge in [-0.1, -0.05) is 18.2 Å². The van der Waals surface area contributed by atoms with Crippen LogP contribution >= 0.6 is 0 Å². The molecule has 0 fully saturated rings. The number of nitrogens with two attached hydrogens (primary N) is 1. The molecule has 3 N–H and O–H groups in total. The predicted molar refractivity (Wildman–Crippen MR) is 63.5 cm³/mol. The van der Waals surface area contributed by atoms with Crippen LogP contribution in [0.25, 0.3) is 0 Å². The number of carbonyl (C=O) groups is 1. The lowest BCUT2D eigenvalue weighted by Gasteiger charge is -2.10. The van der Waals surface area contributed by atoms with Crippen molar-refractivity contribution in [2.24, 2.45) is 5.73 Å². The van der Waals surface area contributed by atoms with Crippen LogP contribution in [0.2, 0.25) is 0 Å². The third-order valence-electron chi connectivity index (χ3n) is 2.24. The van der Waals surface area contributed by atoms with Crippen LogP contribution in [0.5, 0.6) is 5.75 Å². The molecule has 0 saturated heterocycles. The maximum Gasteiger partial charge on any atom is 0.387 e. The first-order valence-corrected chi connectivity index (χ1v) is 5.63. The molecule has 1 amide bonds. The van der Waals surface area contributed by atoms with Crippen LogP contribution in [0.1, 0.15) is 12.0 Å². The third-order valence-corrected chi connectivity index (χ3v) is 2.24. The van der Waals surface area contributed by atoms with Crippen LogP contribution in [-0.2, 0) is 11.2 Å². The third kappa shape index (κ3) is 5.09. The summed E-state index contributed by atoms with van der Waals surface area (Å²) in [6.07, 6.45) is 0.689. The first kappa shape index (κ1) is 14.4. The average Bonchev–Trinajstić information content (AvgIpc) is 2.31. The number of rotatable bonds is 7. The molecule has 1 aromatic carbocycles.